The topological polar surface area (TPSA) is 35.5 Å². The van der Waals surface area contributed by atoms with Crippen molar-refractivity contribution in [3.63, 3.8) is 0 Å². The SMILES string of the molecule is CC(=O)c1ccccc1C1COCCO1. The molecule has 80 valence electrons. The van der Waals surface area contributed by atoms with Crippen LogP contribution < -0.4 is 0 Å². The number of ether oxygens (including phenoxy) is 2. The minimum absolute atomic E-state index is 0.0692. The van der Waals surface area contributed by atoms with Crippen LogP contribution in [0, 0.1) is 0 Å². The van der Waals surface area contributed by atoms with Gasteiger partial charge in [-0.1, -0.05) is 24.3 Å². The third-order valence-corrected chi connectivity index (χ3v) is 2.50. The first kappa shape index (κ1) is 10.3. The zero-order chi connectivity index (χ0) is 10.7. The molecule has 3 nitrogen and oxygen atoms in total. The minimum atomic E-state index is -0.0983. The van der Waals surface area contributed by atoms with Gasteiger partial charge in [0.25, 0.3) is 0 Å². The lowest BCUT2D eigenvalue weighted by Crippen LogP contribution is -2.23. The lowest BCUT2D eigenvalue weighted by Gasteiger charge is -2.24. The normalized spacial score (nSPS) is 21.3. The quantitative estimate of drug-likeness (QED) is 0.694. The Labute approximate surface area is 89.0 Å². The van der Waals surface area contributed by atoms with E-state index in [0.717, 1.165) is 11.1 Å². The van der Waals surface area contributed by atoms with E-state index in [2.05, 4.69) is 0 Å². The molecule has 2 rings (SSSR count). The molecule has 0 bridgehead atoms. The number of carbonyl (C=O) groups excluding carboxylic acids is 1. The molecule has 0 spiro atoms. The number of Topliss-reactive ketones (excluding diaryl/α,β-unsaturated/α-hetero) is 1. The molecule has 0 amide bonds. The fourth-order valence-electron chi connectivity index (χ4n) is 1.77. The maximum atomic E-state index is 11.4. The van der Waals surface area contributed by atoms with Crippen molar-refractivity contribution in [1.29, 1.82) is 0 Å². The summed E-state index contributed by atoms with van der Waals surface area (Å²) in [5.74, 6) is 0.0692. The average molecular weight is 206 g/mol. The Morgan fingerprint density at radius 2 is 2.13 bits per heavy atom. The lowest BCUT2D eigenvalue weighted by atomic mass is 10.00. The van der Waals surface area contributed by atoms with Crippen molar-refractivity contribution in [3.8, 4) is 0 Å². The fraction of sp³-hybridized carbons (Fsp3) is 0.417. The van der Waals surface area contributed by atoms with Gasteiger partial charge in [0.15, 0.2) is 5.78 Å². The van der Waals surface area contributed by atoms with E-state index in [1.807, 2.05) is 24.3 Å². The molecule has 1 saturated heterocycles. The Balaban J connectivity index is 2.29. The Kier molecular flexibility index (Phi) is 3.14. The molecule has 15 heavy (non-hydrogen) atoms. The van der Waals surface area contributed by atoms with Crippen molar-refractivity contribution in [2.75, 3.05) is 19.8 Å². The average Bonchev–Trinajstić information content (AvgIpc) is 2.30. The van der Waals surface area contributed by atoms with E-state index in [1.165, 1.54) is 0 Å². The van der Waals surface area contributed by atoms with Gasteiger partial charge in [-0.15, -0.1) is 0 Å². The molecule has 1 heterocycles. The molecule has 3 heteroatoms. The number of hydrogen-bond donors (Lipinski definition) is 0. The molecule has 1 atom stereocenters. The summed E-state index contributed by atoms with van der Waals surface area (Å²) in [6.07, 6.45) is -0.0983. The first-order valence-electron chi connectivity index (χ1n) is 5.08. The van der Waals surface area contributed by atoms with Crippen molar-refractivity contribution in [2.24, 2.45) is 0 Å². The Hall–Kier alpha value is -1.19. The molecule has 1 aliphatic heterocycles. The summed E-state index contributed by atoms with van der Waals surface area (Å²) in [5, 5.41) is 0. The number of benzene rings is 1. The predicted octanol–water partition coefficient (Wildman–Crippen LogP) is 1.98. The molecule has 1 unspecified atom stereocenters. The van der Waals surface area contributed by atoms with Gasteiger partial charge in [0.1, 0.15) is 6.10 Å². The Morgan fingerprint density at radius 3 is 2.80 bits per heavy atom. The van der Waals surface area contributed by atoms with Gasteiger partial charge in [0.2, 0.25) is 0 Å². The highest BCUT2D eigenvalue weighted by Gasteiger charge is 2.20. The largest absolute Gasteiger partial charge is 0.376 e. The molecule has 1 aromatic carbocycles. The van der Waals surface area contributed by atoms with Crippen LogP contribution in [0.3, 0.4) is 0 Å². The highest BCUT2D eigenvalue weighted by molar-refractivity contribution is 5.95. The molecule has 1 aromatic rings. The summed E-state index contributed by atoms with van der Waals surface area (Å²) in [6.45, 7) is 3.34. The predicted molar refractivity (Wildman–Crippen MR) is 56.0 cm³/mol. The molecule has 0 radical (unpaired) electrons. The summed E-state index contributed by atoms with van der Waals surface area (Å²) >= 11 is 0. The smallest absolute Gasteiger partial charge is 0.160 e. The van der Waals surface area contributed by atoms with Crippen LogP contribution in [0.1, 0.15) is 28.9 Å². The van der Waals surface area contributed by atoms with Gasteiger partial charge in [0, 0.05) is 5.56 Å². The van der Waals surface area contributed by atoms with E-state index in [-0.39, 0.29) is 11.9 Å². The zero-order valence-electron chi connectivity index (χ0n) is 8.73. The van der Waals surface area contributed by atoms with Crippen molar-refractivity contribution < 1.29 is 14.3 Å². The summed E-state index contributed by atoms with van der Waals surface area (Å²) in [5.41, 5.74) is 1.66. The first-order valence-corrected chi connectivity index (χ1v) is 5.08. The Morgan fingerprint density at radius 1 is 1.33 bits per heavy atom. The van der Waals surface area contributed by atoms with Gasteiger partial charge in [0.05, 0.1) is 19.8 Å². The molecule has 1 aliphatic rings. The van der Waals surface area contributed by atoms with Crippen molar-refractivity contribution in [3.05, 3.63) is 35.4 Å². The van der Waals surface area contributed by atoms with E-state index >= 15 is 0 Å². The number of carbonyl (C=O) groups is 1. The van der Waals surface area contributed by atoms with Gasteiger partial charge in [-0.05, 0) is 12.5 Å². The summed E-state index contributed by atoms with van der Waals surface area (Å²) in [4.78, 5) is 11.4. The second kappa shape index (κ2) is 4.55. The standard InChI is InChI=1S/C12H14O3/c1-9(13)10-4-2-3-5-11(10)12-8-14-6-7-15-12/h2-5,12H,6-8H2,1H3. The second-order valence-corrected chi connectivity index (χ2v) is 3.58. The third-order valence-electron chi connectivity index (χ3n) is 2.50. The summed E-state index contributed by atoms with van der Waals surface area (Å²) < 4.78 is 10.9. The highest BCUT2D eigenvalue weighted by atomic mass is 16.6. The van der Waals surface area contributed by atoms with Crippen molar-refractivity contribution >= 4 is 5.78 Å². The maximum Gasteiger partial charge on any atom is 0.160 e. The first-order chi connectivity index (χ1) is 7.29. The van der Waals surface area contributed by atoms with Gasteiger partial charge in [-0.25, -0.2) is 0 Å². The van der Waals surface area contributed by atoms with E-state index in [1.54, 1.807) is 6.92 Å². The third kappa shape index (κ3) is 2.25. The highest BCUT2D eigenvalue weighted by Crippen LogP contribution is 2.24. The van der Waals surface area contributed by atoms with Crippen LogP contribution in [0.4, 0.5) is 0 Å². The summed E-state index contributed by atoms with van der Waals surface area (Å²) in [6, 6.07) is 7.54. The van der Waals surface area contributed by atoms with Crippen LogP contribution >= 0.6 is 0 Å². The lowest BCUT2D eigenvalue weighted by molar-refractivity contribution is -0.0903. The molecule has 1 fully saturated rings. The summed E-state index contributed by atoms with van der Waals surface area (Å²) in [7, 11) is 0. The minimum Gasteiger partial charge on any atom is -0.376 e. The molecule has 0 aromatic heterocycles. The van der Waals surface area contributed by atoms with Crippen LogP contribution in [-0.4, -0.2) is 25.6 Å². The molecular formula is C12H14O3. The molecule has 0 saturated carbocycles. The fourth-order valence-corrected chi connectivity index (χ4v) is 1.77. The van der Waals surface area contributed by atoms with E-state index in [9.17, 15) is 4.79 Å². The molecule has 0 aliphatic carbocycles. The van der Waals surface area contributed by atoms with E-state index in [0.29, 0.717) is 19.8 Å². The second-order valence-electron chi connectivity index (χ2n) is 3.58. The zero-order valence-corrected chi connectivity index (χ0v) is 8.73. The van der Waals surface area contributed by atoms with Crippen molar-refractivity contribution in [1.82, 2.24) is 0 Å². The number of ketones is 1. The van der Waals surface area contributed by atoms with Crippen LogP contribution in [-0.2, 0) is 9.47 Å². The maximum absolute atomic E-state index is 11.4. The van der Waals surface area contributed by atoms with Crippen LogP contribution in [0.15, 0.2) is 24.3 Å². The van der Waals surface area contributed by atoms with E-state index < -0.39 is 0 Å². The van der Waals surface area contributed by atoms with Crippen LogP contribution in [0.25, 0.3) is 0 Å². The number of hydrogen-bond acceptors (Lipinski definition) is 3. The van der Waals surface area contributed by atoms with Gasteiger partial charge in [-0.2, -0.15) is 0 Å². The van der Waals surface area contributed by atoms with Gasteiger partial charge in [-0.3, -0.25) is 4.79 Å². The van der Waals surface area contributed by atoms with Crippen molar-refractivity contribution in [2.45, 2.75) is 13.0 Å². The van der Waals surface area contributed by atoms with Gasteiger partial charge >= 0.3 is 0 Å². The monoisotopic (exact) mass is 206 g/mol. The Bertz CT molecular complexity index is 354. The molecule has 0 N–H and O–H groups in total. The van der Waals surface area contributed by atoms with E-state index in [4.69, 9.17) is 9.47 Å². The number of rotatable bonds is 2. The van der Waals surface area contributed by atoms with Crippen LogP contribution in [0.2, 0.25) is 0 Å². The van der Waals surface area contributed by atoms with Crippen LogP contribution in [0.5, 0.6) is 0 Å². The van der Waals surface area contributed by atoms with Gasteiger partial charge < -0.3 is 9.47 Å². The molecular weight excluding hydrogens is 192 g/mol.